The van der Waals surface area contributed by atoms with Crippen LogP contribution in [0.4, 0.5) is 5.69 Å². The smallest absolute Gasteiger partial charge is 0.326 e. The van der Waals surface area contributed by atoms with E-state index in [2.05, 4.69) is 4.74 Å². The predicted molar refractivity (Wildman–Crippen MR) is 93.6 cm³/mol. The van der Waals surface area contributed by atoms with Gasteiger partial charge in [-0.2, -0.15) is 0 Å². The Morgan fingerprint density at radius 3 is 2.04 bits per heavy atom. The van der Waals surface area contributed by atoms with Crippen molar-refractivity contribution in [2.75, 3.05) is 18.0 Å². The number of ether oxygens (including phenoxy) is 1. The Morgan fingerprint density at radius 2 is 1.54 bits per heavy atom. The van der Waals surface area contributed by atoms with Crippen LogP contribution >= 0.6 is 0 Å². The van der Waals surface area contributed by atoms with Gasteiger partial charge < -0.3 is 4.74 Å². The zero-order valence-electron chi connectivity index (χ0n) is 14.2. The highest BCUT2D eigenvalue weighted by Gasteiger charge is 2.29. The minimum absolute atomic E-state index is 0.139. The maximum absolute atomic E-state index is 13.1. The molecule has 0 aromatic heterocycles. The summed E-state index contributed by atoms with van der Waals surface area (Å²) in [5, 5.41) is 0. The van der Waals surface area contributed by atoms with Crippen LogP contribution in [0.2, 0.25) is 0 Å². The highest BCUT2D eigenvalue weighted by molar-refractivity contribution is 7.92. The van der Waals surface area contributed by atoms with E-state index in [9.17, 15) is 13.2 Å². The number of esters is 1. The molecule has 2 aromatic carbocycles. The first kappa shape index (κ1) is 18.0. The Morgan fingerprint density at radius 1 is 1.00 bits per heavy atom. The summed E-state index contributed by atoms with van der Waals surface area (Å²) in [5.41, 5.74) is 3.01. The summed E-state index contributed by atoms with van der Waals surface area (Å²) in [7, 11) is -2.65. The van der Waals surface area contributed by atoms with Crippen LogP contribution in [0.1, 0.15) is 16.7 Å². The van der Waals surface area contributed by atoms with Crippen molar-refractivity contribution in [3.63, 3.8) is 0 Å². The van der Waals surface area contributed by atoms with E-state index in [1.165, 1.54) is 7.11 Å². The molecule has 0 saturated heterocycles. The molecule has 0 heterocycles. The number of rotatable bonds is 5. The summed E-state index contributed by atoms with van der Waals surface area (Å²) in [4.78, 5) is 12.0. The number of nitrogens with zero attached hydrogens (tertiary/aromatic N) is 1. The minimum atomic E-state index is -3.89. The molecule has 0 amide bonds. The Bertz CT molecular complexity index is 822. The average molecular weight is 347 g/mol. The molecule has 0 radical (unpaired) electrons. The number of para-hydroxylation sites is 1. The predicted octanol–water partition coefficient (Wildman–Crippen LogP) is 2.98. The Hall–Kier alpha value is -2.34. The SMILES string of the molecule is COC(=O)CN(c1c(C)cccc1C)S(=O)(=O)c1ccc(C)cc1. The third-order valence-electron chi connectivity index (χ3n) is 3.80. The Balaban J connectivity index is 2.62. The number of anilines is 1. The van der Waals surface area contributed by atoms with Crippen LogP contribution in [0.5, 0.6) is 0 Å². The second-order valence-corrected chi connectivity index (χ2v) is 7.50. The zero-order valence-corrected chi connectivity index (χ0v) is 15.1. The molecule has 6 heteroatoms. The number of carbonyl (C=O) groups excluding carboxylic acids is 1. The molecule has 0 spiro atoms. The van der Waals surface area contributed by atoms with Crippen molar-refractivity contribution in [3.05, 3.63) is 59.2 Å². The molecule has 0 atom stereocenters. The molecule has 2 aromatic rings. The quantitative estimate of drug-likeness (QED) is 0.780. The van der Waals surface area contributed by atoms with Crippen molar-refractivity contribution >= 4 is 21.7 Å². The average Bonchev–Trinajstić information content (AvgIpc) is 2.53. The fourth-order valence-electron chi connectivity index (χ4n) is 2.50. The molecule has 24 heavy (non-hydrogen) atoms. The number of sulfonamides is 1. The molecule has 0 aliphatic rings. The first-order valence-corrected chi connectivity index (χ1v) is 8.94. The summed E-state index contributed by atoms with van der Waals surface area (Å²) < 4.78 is 32.0. The Kier molecular flexibility index (Phi) is 5.29. The lowest BCUT2D eigenvalue weighted by molar-refractivity contribution is -0.138. The first-order valence-electron chi connectivity index (χ1n) is 7.50. The summed E-state index contributed by atoms with van der Waals surface area (Å²) in [6, 6.07) is 12.0. The van der Waals surface area contributed by atoms with Crippen LogP contribution in [-0.4, -0.2) is 28.0 Å². The monoisotopic (exact) mass is 347 g/mol. The first-order chi connectivity index (χ1) is 11.3. The topological polar surface area (TPSA) is 63.7 Å². The second-order valence-electron chi connectivity index (χ2n) is 5.64. The standard InChI is InChI=1S/C18H21NO4S/c1-13-8-10-16(11-9-13)24(21,22)19(12-17(20)23-4)18-14(2)6-5-7-15(18)3/h5-11H,12H2,1-4H3. The van der Waals surface area contributed by atoms with E-state index < -0.39 is 16.0 Å². The summed E-state index contributed by atoms with van der Waals surface area (Å²) in [6.07, 6.45) is 0. The van der Waals surface area contributed by atoms with Crippen molar-refractivity contribution in [2.24, 2.45) is 0 Å². The van der Waals surface area contributed by atoms with Crippen LogP contribution in [0, 0.1) is 20.8 Å². The van der Waals surface area contributed by atoms with E-state index in [0.29, 0.717) is 5.69 Å². The largest absolute Gasteiger partial charge is 0.468 e. The highest BCUT2D eigenvalue weighted by atomic mass is 32.2. The van der Waals surface area contributed by atoms with Crippen molar-refractivity contribution in [1.82, 2.24) is 0 Å². The van der Waals surface area contributed by atoms with E-state index in [0.717, 1.165) is 21.0 Å². The van der Waals surface area contributed by atoms with Gasteiger partial charge in [0.25, 0.3) is 10.0 Å². The minimum Gasteiger partial charge on any atom is -0.468 e. The third-order valence-corrected chi connectivity index (χ3v) is 5.56. The van der Waals surface area contributed by atoms with Gasteiger partial charge in [0.1, 0.15) is 6.54 Å². The summed E-state index contributed by atoms with van der Waals surface area (Å²) >= 11 is 0. The molecule has 0 fully saturated rings. The van der Waals surface area contributed by atoms with Crippen LogP contribution in [0.15, 0.2) is 47.4 Å². The summed E-state index contributed by atoms with van der Waals surface area (Å²) in [6.45, 7) is 5.14. The second kappa shape index (κ2) is 7.05. The lowest BCUT2D eigenvalue weighted by atomic mass is 10.1. The third kappa shape index (κ3) is 3.59. The lowest BCUT2D eigenvalue weighted by Gasteiger charge is -2.26. The van der Waals surface area contributed by atoms with Crippen LogP contribution < -0.4 is 4.31 Å². The van der Waals surface area contributed by atoms with Gasteiger partial charge in [0, 0.05) is 0 Å². The Labute approximate surface area is 142 Å². The van der Waals surface area contributed by atoms with Gasteiger partial charge in [0.15, 0.2) is 0 Å². The number of methoxy groups -OCH3 is 1. The number of hydrogen-bond acceptors (Lipinski definition) is 4. The van der Waals surface area contributed by atoms with Gasteiger partial charge >= 0.3 is 5.97 Å². The van der Waals surface area contributed by atoms with Gasteiger partial charge in [-0.3, -0.25) is 9.10 Å². The normalized spacial score (nSPS) is 11.2. The molecule has 0 aliphatic heterocycles. The van der Waals surface area contributed by atoms with Gasteiger partial charge in [0.2, 0.25) is 0 Å². The van der Waals surface area contributed by atoms with Crippen molar-refractivity contribution in [1.29, 1.82) is 0 Å². The summed E-state index contributed by atoms with van der Waals surface area (Å²) in [5.74, 6) is -0.617. The molecular weight excluding hydrogens is 326 g/mol. The van der Waals surface area contributed by atoms with Crippen LogP contribution in [-0.2, 0) is 19.6 Å². The maximum Gasteiger partial charge on any atom is 0.326 e. The van der Waals surface area contributed by atoms with Gasteiger partial charge in [-0.15, -0.1) is 0 Å². The van der Waals surface area contributed by atoms with Crippen molar-refractivity contribution in [2.45, 2.75) is 25.7 Å². The van der Waals surface area contributed by atoms with Gasteiger partial charge in [0.05, 0.1) is 17.7 Å². The molecule has 0 saturated carbocycles. The molecular formula is C18H21NO4S. The van der Waals surface area contributed by atoms with E-state index >= 15 is 0 Å². The van der Waals surface area contributed by atoms with Crippen LogP contribution in [0.25, 0.3) is 0 Å². The van der Waals surface area contributed by atoms with Gasteiger partial charge in [-0.1, -0.05) is 35.9 Å². The van der Waals surface area contributed by atoms with Crippen molar-refractivity contribution < 1.29 is 17.9 Å². The molecule has 0 aliphatic carbocycles. The lowest BCUT2D eigenvalue weighted by Crippen LogP contribution is -2.37. The van der Waals surface area contributed by atoms with E-state index in [1.54, 1.807) is 24.3 Å². The van der Waals surface area contributed by atoms with E-state index in [-0.39, 0.29) is 11.4 Å². The fraction of sp³-hybridized carbons (Fsp3) is 0.278. The number of aryl methyl sites for hydroxylation is 3. The number of hydrogen-bond donors (Lipinski definition) is 0. The molecule has 5 nitrogen and oxygen atoms in total. The zero-order chi connectivity index (χ0) is 17.9. The molecule has 2 rings (SSSR count). The maximum atomic E-state index is 13.1. The van der Waals surface area contributed by atoms with E-state index in [1.807, 2.05) is 39.0 Å². The fourth-order valence-corrected chi connectivity index (χ4v) is 4.04. The number of carbonyl (C=O) groups is 1. The van der Waals surface area contributed by atoms with Gasteiger partial charge in [-0.25, -0.2) is 8.42 Å². The van der Waals surface area contributed by atoms with Crippen LogP contribution in [0.3, 0.4) is 0 Å². The highest BCUT2D eigenvalue weighted by Crippen LogP contribution is 2.30. The molecule has 0 N–H and O–H groups in total. The molecule has 0 bridgehead atoms. The number of benzene rings is 2. The van der Waals surface area contributed by atoms with Gasteiger partial charge in [-0.05, 0) is 44.0 Å². The molecule has 0 unspecified atom stereocenters. The van der Waals surface area contributed by atoms with Crippen molar-refractivity contribution in [3.8, 4) is 0 Å². The van der Waals surface area contributed by atoms with E-state index in [4.69, 9.17) is 0 Å². The molecule has 128 valence electrons.